The first-order valence-corrected chi connectivity index (χ1v) is 14.7. The second kappa shape index (κ2) is 20.3. The number of hydrogen-bond acceptors (Lipinski definition) is 2. The summed E-state index contributed by atoms with van der Waals surface area (Å²) >= 11 is 0. The molecule has 35 heavy (non-hydrogen) atoms. The van der Waals surface area contributed by atoms with Gasteiger partial charge in [-0.3, -0.25) is 0 Å². The molecule has 2 heteroatoms. The summed E-state index contributed by atoms with van der Waals surface area (Å²) in [6.07, 6.45) is 22.1. The molecule has 195 valence electrons. The first-order valence-electron chi connectivity index (χ1n) is 14.7. The summed E-state index contributed by atoms with van der Waals surface area (Å²) in [7, 11) is 0. The molecule has 0 aliphatic rings. The van der Waals surface area contributed by atoms with Crippen LogP contribution in [0.15, 0.2) is 54.6 Å². The van der Waals surface area contributed by atoms with E-state index in [1.54, 1.807) is 0 Å². The summed E-state index contributed by atoms with van der Waals surface area (Å²) in [5.74, 6) is 0.971. The lowest BCUT2D eigenvalue weighted by atomic mass is 10.1. The summed E-state index contributed by atoms with van der Waals surface area (Å²) in [5.41, 5.74) is 2.75. The third-order valence-electron chi connectivity index (χ3n) is 6.81. The third kappa shape index (κ3) is 14.3. The molecular weight excluding hydrogens is 426 g/mol. The summed E-state index contributed by atoms with van der Waals surface area (Å²) in [6, 6.07) is 19.4. The molecule has 0 amide bonds. The van der Waals surface area contributed by atoms with Gasteiger partial charge in [0.05, 0.1) is 6.61 Å². The minimum Gasteiger partial charge on any atom is -0.494 e. The molecule has 0 aromatic heterocycles. The van der Waals surface area contributed by atoms with Gasteiger partial charge >= 0.3 is 0 Å². The molecule has 0 N–H and O–H groups in total. The maximum atomic E-state index is 5.80. The molecule has 0 heterocycles. The first kappa shape index (κ1) is 29.3. The fraction of sp³-hybridized carbons (Fsp3) is 0.606. The van der Waals surface area contributed by atoms with Gasteiger partial charge in [0.25, 0.3) is 0 Å². The Kier molecular flexibility index (Phi) is 16.9. The van der Waals surface area contributed by atoms with Crippen molar-refractivity contribution in [1.29, 1.82) is 0 Å². The number of benzene rings is 2. The predicted octanol–water partition coefficient (Wildman–Crippen LogP) is 10.0. The number of para-hydroxylation sites is 1. The Morgan fingerprint density at radius 3 is 1.77 bits per heavy atom. The number of hydrogen-bond donors (Lipinski definition) is 0. The Bertz CT molecular complexity index is 696. The highest BCUT2D eigenvalue weighted by Gasteiger charge is 2.07. The van der Waals surface area contributed by atoms with Crippen LogP contribution in [0.25, 0.3) is 0 Å². The third-order valence-corrected chi connectivity index (χ3v) is 6.81. The predicted molar refractivity (Wildman–Crippen MR) is 155 cm³/mol. The topological polar surface area (TPSA) is 12.5 Å². The fourth-order valence-corrected chi connectivity index (χ4v) is 4.58. The van der Waals surface area contributed by atoms with Gasteiger partial charge in [-0.2, -0.15) is 0 Å². The van der Waals surface area contributed by atoms with E-state index in [4.69, 9.17) is 4.74 Å². The molecule has 0 unspecified atom stereocenters. The molecule has 2 nitrogen and oxygen atoms in total. The maximum Gasteiger partial charge on any atom is 0.119 e. The Morgan fingerprint density at radius 1 is 0.600 bits per heavy atom. The zero-order valence-corrected chi connectivity index (χ0v) is 22.9. The summed E-state index contributed by atoms with van der Waals surface area (Å²) < 4.78 is 5.80. The van der Waals surface area contributed by atoms with E-state index >= 15 is 0 Å². The molecule has 2 aromatic rings. The van der Waals surface area contributed by atoms with Gasteiger partial charge in [-0.25, -0.2) is 0 Å². The number of unbranched alkanes of at least 4 members (excludes halogenated alkanes) is 12. The molecule has 0 aliphatic heterocycles. The number of rotatable bonds is 22. The second-order valence-corrected chi connectivity index (χ2v) is 9.98. The monoisotopic (exact) mass is 478 g/mol. The van der Waals surface area contributed by atoms with Gasteiger partial charge in [0.2, 0.25) is 0 Å². The maximum absolute atomic E-state index is 5.80. The Balaban J connectivity index is 1.70. The van der Waals surface area contributed by atoms with Crippen LogP contribution < -0.4 is 9.64 Å². The van der Waals surface area contributed by atoms with E-state index < -0.39 is 0 Å². The summed E-state index contributed by atoms with van der Waals surface area (Å²) in [4.78, 5) is 2.64. The zero-order chi connectivity index (χ0) is 24.8. The lowest BCUT2D eigenvalue weighted by Crippen LogP contribution is -2.25. The van der Waals surface area contributed by atoms with Crippen molar-refractivity contribution in [2.75, 3.05) is 24.6 Å². The van der Waals surface area contributed by atoms with Gasteiger partial charge in [-0.05, 0) is 68.4 Å². The Labute approximate surface area is 217 Å². The van der Waals surface area contributed by atoms with Crippen molar-refractivity contribution < 1.29 is 4.74 Å². The van der Waals surface area contributed by atoms with Crippen molar-refractivity contribution in [2.24, 2.45) is 0 Å². The van der Waals surface area contributed by atoms with Crippen LogP contribution >= 0.6 is 0 Å². The van der Waals surface area contributed by atoms with E-state index in [0.29, 0.717) is 0 Å². The van der Waals surface area contributed by atoms with E-state index in [-0.39, 0.29) is 0 Å². The van der Waals surface area contributed by atoms with Crippen LogP contribution in [-0.4, -0.2) is 19.7 Å². The zero-order valence-electron chi connectivity index (χ0n) is 22.9. The van der Waals surface area contributed by atoms with Crippen LogP contribution in [0.5, 0.6) is 5.75 Å². The summed E-state index contributed by atoms with van der Waals surface area (Å²) in [6.45, 7) is 7.79. The molecule has 0 atom stereocenters. The van der Waals surface area contributed by atoms with Crippen molar-refractivity contribution >= 4 is 5.69 Å². The molecule has 0 fully saturated rings. The molecular formula is C33H52NO. The lowest BCUT2D eigenvalue weighted by molar-refractivity contribution is 0.307. The molecule has 0 bridgehead atoms. The van der Waals surface area contributed by atoms with E-state index in [1.165, 1.54) is 101 Å². The molecule has 0 saturated carbocycles. The average Bonchev–Trinajstić information content (AvgIpc) is 2.90. The normalized spacial score (nSPS) is 11.0. The Morgan fingerprint density at radius 2 is 1.17 bits per heavy atom. The van der Waals surface area contributed by atoms with Gasteiger partial charge < -0.3 is 9.64 Å². The Hall–Kier alpha value is -1.96. The molecule has 0 saturated heterocycles. The van der Waals surface area contributed by atoms with E-state index in [2.05, 4.69) is 49.4 Å². The van der Waals surface area contributed by atoms with Crippen LogP contribution in [0, 0.1) is 6.42 Å². The molecule has 2 aromatic carbocycles. The van der Waals surface area contributed by atoms with Gasteiger partial charge in [0, 0.05) is 18.8 Å². The van der Waals surface area contributed by atoms with Gasteiger partial charge in [0.1, 0.15) is 5.75 Å². The van der Waals surface area contributed by atoms with Crippen molar-refractivity contribution in [3.05, 3.63) is 66.6 Å². The van der Waals surface area contributed by atoms with Crippen molar-refractivity contribution in [2.45, 2.75) is 110 Å². The fourth-order valence-electron chi connectivity index (χ4n) is 4.58. The standard InChI is InChI=1S/C33H52NO/c1-3-5-7-9-11-18-28-34(29-19-12-10-8-6-4-2)32-26-24-31(25-27-32)21-15-14-20-30-35-33-22-16-13-17-23-33/h13,16-17,21-27H,3-12,14-15,18-20,28-30H2,1-2H3. The van der Waals surface area contributed by atoms with Crippen LogP contribution in [0.3, 0.4) is 0 Å². The molecule has 1 radical (unpaired) electrons. The van der Waals surface area contributed by atoms with Crippen LogP contribution in [0.1, 0.15) is 116 Å². The SMILES string of the molecule is CCCCCCCCN(CCCCCCCC)c1ccc([CH]CCCCOc2ccccc2)cc1. The van der Waals surface area contributed by atoms with Gasteiger partial charge in [0.15, 0.2) is 0 Å². The minimum absolute atomic E-state index is 0.794. The lowest BCUT2D eigenvalue weighted by Gasteiger charge is -2.25. The van der Waals surface area contributed by atoms with E-state index in [9.17, 15) is 0 Å². The largest absolute Gasteiger partial charge is 0.494 e. The van der Waals surface area contributed by atoms with Crippen molar-refractivity contribution in [3.8, 4) is 5.75 Å². The van der Waals surface area contributed by atoms with Crippen molar-refractivity contribution in [1.82, 2.24) is 0 Å². The van der Waals surface area contributed by atoms with Crippen LogP contribution in [-0.2, 0) is 0 Å². The van der Waals surface area contributed by atoms with Crippen LogP contribution in [0.4, 0.5) is 5.69 Å². The average molecular weight is 479 g/mol. The highest BCUT2D eigenvalue weighted by Crippen LogP contribution is 2.20. The minimum atomic E-state index is 0.794. The van der Waals surface area contributed by atoms with Crippen molar-refractivity contribution in [3.63, 3.8) is 0 Å². The molecule has 0 spiro atoms. The van der Waals surface area contributed by atoms with Gasteiger partial charge in [-0.1, -0.05) is 108 Å². The van der Waals surface area contributed by atoms with E-state index in [0.717, 1.165) is 31.6 Å². The molecule has 0 aliphatic carbocycles. The number of ether oxygens (including phenoxy) is 1. The molecule has 2 rings (SSSR count). The van der Waals surface area contributed by atoms with Crippen LogP contribution in [0.2, 0.25) is 0 Å². The quantitative estimate of drug-likeness (QED) is 0.156. The number of anilines is 1. The first-order chi connectivity index (χ1) is 17.3. The summed E-state index contributed by atoms with van der Waals surface area (Å²) in [5, 5.41) is 0. The highest BCUT2D eigenvalue weighted by molar-refractivity contribution is 5.48. The second-order valence-electron chi connectivity index (χ2n) is 9.98. The number of nitrogens with zero attached hydrogens (tertiary/aromatic N) is 1. The smallest absolute Gasteiger partial charge is 0.119 e. The van der Waals surface area contributed by atoms with E-state index in [1.807, 2.05) is 30.3 Å². The van der Waals surface area contributed by atoms with Gasteiger partial charge in [-0.15, -0.1) is 0 Å². The highest BCUT2D eigenvalue weighted by atomic mass is 16.5.